The number of hydrogen-bond acceptors (Lipinski definition) is 3. The van der Waals surface area contributed by atoms with Crippen molar-refractivity contribution in [3.05, 3.63) is 17.7 Å². The molecule has 2 amide bonds. The van der Waals surface area contributed by atoms with Crippen LogP contribution < -0.4 is 0 Å². The molecule has 1 saturated carbocycles. The largest absolute Gasteiger partial charge is 0.381 e. The van der Waals surface area contributed by atoms with Gasteiger partial charge in [0.15, 0.2) is 0 Å². The number of fused-ring (bicyclic) bond motifs is 1. The van der Waals surface area contributed by atoms with E-state index in [9.17, 15) is 4.79 Å². The van der Waals surface area contributed by atoms with Gasteiger partial charge in [-0.2, -0.15) is 0 Å². The van der Waals surface area contributed by atoms with E-state index >= 15 is 0 Å². The Bertz CT molecular complexity index is 590. The molecule has 6 heteroatoms. The van der Waals surface area contributed by atoms with Crippen LogP contribution in [-0.2, 0) is 17.8 Å². The standard InChI is InChI=1S/C18H28N4O2/c1-2-24-12-15-10-21(18(23)20-7-3-4-8-20)11-16-17(15)22(13-19-16)9-14-5-6-14/h13-15H,2-12H2,1H3/t15-/m0/s1. The first-order valence-corrected chi connectivity index (χ1v) is 9.41. The third-order valence-electron chi connectivity index (χ3n) is 5.45. The molecule has 4 rings (SSSR count). The zero-order chi connectivity index (χ0) is 16.5. The highest BCUT2D eigenvalue weighted by Crippen LogP contribution is 2.34. The van der Waals surface area contributed by atoms with Crippen LogP contribution in [-0.4, -0.2) is 58.2 Å². The molecular weight excluding hydrogens is 304 g/mol. The highest BCUT2D eigenvalue weighted by atomic mass is 16.5. The summed E-state index contributed by atoms with van der Waals surface area (Å²) in [6, 6.07) is 0.177. The Kier molecular flexibility index (Phi) is 4.48. The average Bonchev–Trinajstić information content (AvgIpc) is 3.09. The molecule has 1 aromatic heterocycles. The molecule has 0 unspecified atom stereocenters. The third kappa shape index (κ3) is 3.16. The summed E-state index contributed by atoms with van der Waals surface area (Å²) >= 11 is 0. The average molecular weight is 332 g/mol. The molecule has 1 saturated heterocycles. The summed E-state index contributed by atoms with van der Waals surface area (Å²) in [6.45, 7) is 7.67. The molecule has 2 aliphatic heterocycles. The summed E-state index contributed by atoms with van der Waals surface area (Å²) in [5.41, 5.74) is 2.37. The summed E-state index contributed by atoms with van der Waals surface area (Å²) in [7, 11) is 0. The quantitative estimate of drug-likeness (QED) is 0.832. The van der Waals surface area contributed by atoms with Crippen molar-refractivity contribution in [1.29, 1.82) is 0 Å². The molecule has 1 aliphatic carbocycles. The van der Waals surface area contributed by atoms with Gasteiger partial charge in [-0.3, -0.25) is 0 Å². The molecule has 0 spiro atoms. The maximum atomic E-state index is 12.8. The lowest BCUT2D eigenvalue weighted by Gasteiger charge is -2.35. The second kappa shape index (κ2) is 6.75. The van der Waals surface area contributed by atoms with Crippen molar-refractivity contribution in [1.82, 2.24) is 19.4 Å². The van der Waals surface area contributed by atoms with Gasteiger partial charge >= 0.3 is 6.03 Å². The number of carbonyl (C=O) groups excluding carboxylic acids is 1. The van der Waals surface area contributed by atoms with E-state index in [1.165, 1.54) is 18.5 Å². The highest BCUT2D eigenvalue weighted by Gasteiger charge is 2.35. The molecule has 2 fully saturated rings. The first-order chi connectivity index (χ1) is 11.8. The van der Waals surface area contributed by atoms with E-state index in [-0.39, 0.29) is 11.9 Å². The smallest absolute Gasteiger partial charge is 0.320 e. The normalized spacial score (nSPS) is 23.6. The van der Waals surface area contributed by atoms with Crippen molar-refractivity contribution in [2.24, 2.45) is 5.92 Å². The maximum absolute atomic E-state index is 12.8. The molecule has 0 N–H and O–H groups in total. The Morgan fingerprint density at radius 2 is 2.08 bits per heavy atom. The Morgan fingerprint density at radius 1 is 1.29 bits per heavy atom. The topological polar surface area (TPSA) is 50.6 Å². The van der Waals surface area contributed by atoms with Crippen LogP contribution in [0.15, 0.2) is 6.33 Å². The number of carbonyl (C=O) groups is 1. The molecule has 24 heavy (non-hydrogen) atoms. The number of amides is 2. The molecule has 3 aliphatic rings. The van der Waals surface area contributed by atoms with E-state index in [2.05, 4.69) is 9.55 Å². The molecule has 3 heterocycles. The van der Waals surface area contributed by atoms with Gasteiger partial charge in [-0.15, -0.1) is 0 Å². The number of urea groups is 1. The van der Waals surface area contributed by atoms with Crippen molar-refractivity contribution in [3.8, 4) is 0 Å². The number of aromatic nitrogens is 2. The molecule has 6 nitrogen and oxygen atoms in total. The minimum Gasteiger partial charge on any atom is -0.381 e. The van der Waals surface area contributed by atoms with Gasteiger partial charge in [0, 0.05) is 44.4 Å². The fourth-order valence-electron chi connectivity index (χ4n) is 3.99. The van der Waals surface area contributed by atoms with Gasteiger partial charge in [0.1, 0.15) is 0 Å². The minimum atomic E-state index is 0.177. The first kappa shape index (κ1) is 15.9. The summed E-state index contributed by atoms with van der Waals surface area (Å²) in [5, 5.41) is 0. The molecule has 0 aromatic carbocycles. The van der Waals surface area contributed by atoms with Crippen molar-refractivity contribution >= 4 is 6.03 Å². The number of ether oxygens (including phenoxy) is 1. The van der Waals surface area contributed by atoms with E-state index in [1.807, 2.05) is 23.1 Å². The summed E-state index contributed by atoms with van der Waals surface area (Å²) in [5.74, 6) is 1.06. The first-order valence-electron chi connectivity index (χ1n) is 9.41. The Hall–Kier alpha value is -1.56. The number of hydrogen-bond donors (Lipinski definition) is 0. The van der Waals surface area contributed by atoms with E-state index in [1.54, 1.807) is 0 Å². The highest BCUT2D eigenvalue weighted by molar-refractivity contribution is 5.75. The van der Waals surface area contributed by atoms with Gasteiger partial charge in [-0.05, 0) is 38.5 Å². The van der Waals surface area contributed by atoms with Crippen molar-refractivity contribution < 1.29 is 9.53 Å². The van der Waals surface area contributed by atoms with Crippen molar-refractivity contribution in [2.45, 2.75) is 51.6 Å². The number of nitrogens with zero attached hydrogens (tertiary/aromatic N) is 4. The summed E-state index contributed by atoms with van der Waals surface area (Å²) < 4.78 is 8.06. The van der Waals surface area contributed by atoms with Gasteiger partial charge in [-0.25, -0.2) is 9.78 Å². The van der Waals surface area contributed by atoms with Crippen LogP contribution in [0.4, 0.5) is 4.79 Å². The fraction of sp³-hybridized carbons (Fsp3) is 0.778. The van der Waals surface area contributed by atoms with Crippen LogP contribution in [0.5, 0.6) is 0 Å². The molecule has 0 bridgehead atoms. The Balaban J connectivity index is 1.54. The van der Waals surface area contributed by atoms with Crippen LogP contribution in [0.25, 0.3) is 0 Å². The Morgan fingerprint density at radius 3 is 2.79 bits per heavy atom. The predicted molar refractivity (Wildman–Crippen MR) is 90.8 cm³/mol. The predicted octanol–water partition coefficient (Wildman–Crippen LogP) is 2.44. The zero-order valence-electron chi connectivity index (χ0n) is 14.6. The number of imidazole rings is 1. The van der Waals surface area contributed by atoms with E-state index in [0.29, 0.717) is 19.8 Å². The fourth-order valence-corrected chi connectivity index (χ4v) is 3.99. The van der Waals surface area contributed by atoms with Crippen LogP contribution >= 0.6 is 0 Å². The zero-order valence-corrected chi connectivity index (χ0v) is 14.6. The Labute approximate surface area is 143 Å². The van der Waals surface area contributed by atoms with Crippen LogP contribution in [0.2, 0.25) is 0 Å². The van der Waals surface area contributed by atoms with Crippen LogP contribution in [0, 0.1) is 5.92 Å². The van der Waals surface area contributed by atoms with Gasteiger partial charge in [0.25, 0.3) is 0 Å². The minimum absolute atomic E-state index is 0.177. The second-order valence-electron chi connectivity index (χ2n) is 7.39. The third-order valence-corrected chi connectivity index (χ3v) is 5.45. The lowest BCUT2D eigenvalue weighted by Crippen LogP contribution is -2.46. The second-order valence-corrected chi connectivity index (χ2v) is 7.39. The molecule has 1 atom stereocenters. The molecular formula is C18H28N4O2. The van der Waals surface area contributed by atoms with E-state index in [0.717, 1.165) is 50.6 Å². The molecule has 0 radical (unpaired) electrons. The maximum Gasteiger partial charge on any atom is 0.320 e. The van der Waals surface area contributed by atoms with Gasteiger partial charge in [0.05, 0.1) is 25.2 Å². The van der Waals surface area contributed by atoms with Crippen molar-refractivity contribution in [2.75, 3.05) is 32.8 Å². The molecule has 1 aromatic rings. The van der Waals surface area contributed by atoms with Crippen LogP contribution in [0.3, 0.4) is 0 Å². The number of rotatable bonds is 5. The SMILES string of the molecule is CCOC[C@@H]1CN(C(=O)N2CCCC2)Cc2ncn(CC3CC3)c21. The van der Waals surface area contributed by atoms with Gasteiger partial charge < -0.3 is 19.1 Å². The van der Waals surface area contributed by atoms with Crippen molar-refractivity contribution in [3.63, 3.8) is 0 Å². The lowest BCUT2D eigenvalue weighted by atomic mass is 9.99. The molecule has 132 valence electrons. The van der Waals surface area contributed by atoms with Gasteiger partial charge in [-0.1, -0.05) is 0 Å². The van der Waals surface area contributed by atoms with Gasteiger partial charge in [0.2, 0.25) is 0 Å². The monoisotopic (exact) mass is 332 g/mol. The van der Waals surface area contributed by atoms with E-state index in [4.69, 9.17) is 4.74 Å². The summed E-state index contributed by atoms with van der Waals surface area (Å²) in [4.78, 5) is 21.4. The van der Waals surface area contributed by atoms with E-state index < -0.39 is 0 Å². The summed E-state index contributed by atoms with van der Waals surface area (Å²) in [6.07, 6.45) is 6.91. The number of likely N-dealkylation sites (tertiary alicyclic amines) is 1. The van der Waals surface area contributed by atoms with Crippen LogP contribution in [0.1, 0.15) is 49.9 Å². The lowest BCUT2D eigenvalue weighted by molar-refractivity contribution is 0.102.